The van der Waals surface area contributed by atoms with Gasteiger partial charge in [-0.2, -0.15) is 0 Å². The van der Waals surface area contributed by atoms with Gasteiger partial charge in [-0.1, -0.05) is 12.1 Å². The summed E-state index contributed by atoms with van der Waals surface area (Å²) < 4.78 is 41.3. The number of benzene rings is 1. The van der Waals surface area contributed by atoms with E-state index in [1.54, 1.807) is 41.8 Å². The number of thiophene rings is 1. The molecule has 0 atom stereocenters. The molecule has 0 bridgehead atoms. The number of carbonyl (C=O) groups is 2. The monoisotopic (exact) mass is 453 g/mol. The number of esters is 2. The molecule has 0 fully saturated rings. The Morgan fingerprint density at radius 1 is 1.17 bits per heavy atom. The van der Waals surface area contributed by atoms with Crippen molar-refractivity contribution in [2.75, 3.05) is 27.8 Å². The van der Waals surface area contributed by atoms with Crippen LogP contribution in [0.4, 0.5) is 0 Å². The quantitative estimate of drug-likeness (QED) is 0.310. The van der Waals surface area contributed by atoms with Gasteiger partial charge in [0.2, 0.25) is 0 Å². The van der Waals surface area contributed by atoms with E-state index < -0.39 is 22.0 Å². The van der Waals surface area contributed by atoms with E-state index >= 15 is 0 Å². The van der Waals surface area contributed by atoms with Crippen LogP contribution in [0.2, 0.25) is 0 Å². The van der Waals surface area contributed by atoms with Crippen molar-refractivity contribution in [2.45, 2.75) is 17.1 Å². The Labute approximate surface area is 179 Å². The van der Waals surface area contributed by atoms with Gasteiger partial charge in [0, 0.05) is 26.1 Å². The third-order valence-corrected chi connectivity index (χ3v) is 7.27. The zero-order chi connectivity index (χ0) is 22.1. The summed E-state index contributed by atoms with van der Waals surface area (Å²) in [6.45, 7) is 0.184. The highest BCUT2D eigenvalue weighted by molar-refractivity contribution is 7.91. The molecule has 2 aromatic rings. The van der Waals surface area contributed by atoms with Gasteiger partial charge < -0.3 is 14.2 Å². The second-order valence-corrected chi connectivity index (χ2v) is 9.32. The predicted molar refractivity (Wildman–Crippen MR) is 113 cm³/mol. The molecule has 30 heavy (non-hydrogen) atoms. The molecule has 0 saturated heterocycles. The summed E-state index contributed by atoms with van der Waals surface area (Å²) in [5.74, 6) is -0.436. The second kappa shape index (κ2) is 10.9. The molecule has 0 radical (unpaired) electrons. The summed E-state index contributed by atoms with van der Waals surface area (Å²) in [6.07, 6.45) is 3.16. The molecule has 0 N–H and O–H groups in total. The van der Waals surface area contributed by atoms with Crippen LogP contribution in [0.1, 0.15) is 18.4 Å². The minimum Gasteiger partial charge on any atom is -0.493 e. The first-order chi connectivity index (χ1) is 14.3. The third-order valence-electron chi connectivity index (χ3n) is 4.04. The fraction of sp³-hybridized carbons (Fsp3) is 0.300. The maximum atomic E-state index is 12.4. The lowest BCUT2D eigenvalue weighted by Gasteiger charge is -2.15. The molecule has 8 nitrogen and oxygen atoms in total. The van der Waals surface area contributed by atoms with Crippen LogP contribution >= 0.6 is 11.3 Å². The molecule has 1 heterocycles. The van der Waals surface area contributed by atoms with E-state index in [0.29, 0.717) is 17.7 Å². The van der Waals surface area contributed by atoms with Crippen molar-refractivity contribution in [2.24, 2.45) is 0 Å². The summed E-state index contributed by atoms with van der Waals surface area (Å²) >= 11 is 1.15. The van der Waals surface area contributed by atoms with Crippen LogP contribution in [0.5, 0.6) is 11.5 Å². The van der Waals surface area contributed by atoms with Crippen molar-refractivity contribution in [1.29, 1.82) is 0 Å². The number of ether oxygens (including phenoxy) is 3. The Morgan fingerprint density at radius 2 is 1.93 bits per heavy atom. The van der Waals surface area contributed by atoms with Crippen LogP contribution < -0.4 is 9.47 Å². The maximum absolute atomic E-state index is 12.4. The van der Waals surface area contributed by atoms with E-state index in [0.717, 1.165) is 11.3 Å². The number of sulfonamides is 1. The topological polar surface area (TPSA) is 99.2 Å². The van der Waals surface area contributed by atoms with Gasteiger partial charge in [0.25, 0.3) is 10.0 Å². The van der Waals surface area contributed by atoms with Gasteiger partial charge in [0.15, 0.2) is 11.5 Å². The highest BCUT2D eigenvalue weighted by Gasteiger charge is 2.21. The minimum absolute atomic E-state index is 0.0391. The first-order valence-electron chi connectivity index (χ1n) is 8.92. The normalized spacial score (nSPS) is 11.6. The summed E-state index contributed by atoms with van der Waals surface area (Å²) in [5, 5.41) is 1.70. The molecular weight excluding hydrogens is 430 g/mol. The average molecular weight is 454 g/mol. The summed E-state index contributed by atoms with van der Waals surface area (Å²) in [4.78, 5) is 23.3. The van der Waals surface area contributed by atoms with Crippen LogP contribution in [0.15, 0.2) is 46.0 Å². The van der Waals surface area contributed by atoms with Gasteiger partial charge in [-0.3, -0.25) is 4.79 Å². The molecule has 1 aromatic heterocycles. The average Bonchev–Trinajstić information content (AvgIpc) is 3.28. The lowest BCUT2D eigenvalue weighted by Crippen LogP contribution is -2.28. The van der Waals surface area contributed by atoms with E-state index in [1.807, 2.05) is 0 Å². The second-order valence-electron chi connectivity index (χ2n) is 6.10. The summed E-state index contributed by atoms with van der Waals surface area (Å²) in [6, 6.07) is 8.05. The highest BCUT2D eigenvalue weighted by atomic mass is 32.2. The van der Waals surface area contributed by atoms with Gasteiger partial charge in [0.1, 0.15) is 4.21 Å². The Hall–Kier alpha value is -2.69. The van der Waals surface area contributed by atoms with Gasteiger partial charge >= 0.3 is 11.9 Å². The molecule has 0 unspecified atom stereocenters. The lowest BCUT2D eigenvalue weighted by atomic mass is 10.2. The largest absolute Gasteiger partial charge is 0.493 e. The molecule has 2 rings (SSSR count). The summed E-state index contributed by atoms with van der Waals surface area (Å²) in [5.41, 5.74) is 0.664. The van der Waals surface area contributed by atoms with Crippen LogP contribution in [0, 0.1) is 0 Å². The molecule has 0 saturated carbocycles. The number of carbonyl (C=O) groups excluding carboxylic acids is 2. The number of hydrogen-bond acceptors (Lipinski definition) is 8. The van der Waals surface area contributed by atoms with Gasteiger partial charge in [-0.15, -0.1) is 11.3 Å². The Morgan fingerprint density at radius 3 is 2.57 bits per heavy atom. The maximum Gasteiger partial charge on any atom is 0.330 e. The van der Waals surface area contributed by atoms with Crippen molar-refractivity contribution in [3.8, 4) is 11.5 Å². The number of methoxy groups -OCH3 is 2. The van der Waals surface area contributed by atoms with E-state index in [-0.39, 0.29) is 22.9 Å². The van der Waals surface area contributed by atoms with E-state index in [4.69, 9.17) is 9.47 Å². The zero-order valence-corrected chi connectivity index (χ0v) is 18.5. The number of rotatable bonds is 10. The van der Waals surface area contributed by atoms with Crippen molar-refractivity contribution in [3.05, 3.63) is 47.4 Å². The molecule has 0 spiro atoms. The van der Waals surface area contributed by atoms with Crippen LogP contribution in [-0.2, 0) is 24.3 Å². The minimum atomic E-state index is -3.54. The van der Waals surface area contributed by atoms with Crippen molar-refractivity contribution in [3.63, 3.8) is 0 Å². The van der Waals surface area contributed by atoms with E-state index in [9.17, 15) is 18.0 Å². The third kappa shape index (κ3) is 6.41. The first kappa shape index (κ1) is 23.6. The van der Waals surface area contributed by atoms with E-state index in [2.05, 4.69) is 4.74 Å². The molecule has 162 valence electrons. The van der Waals surface area contributed by atoms with Gasteiger partial charge in [0.05, 0.1) is 14.2 Å². The lowest BCUT2D eigenvalue weighted by molar-refractivity contribution is -0.135. The fourth-order valence-electron chi connectivity index (χ4n) is 2.41. The smallest absolute Gasteiger partial charge is 0.330 e. The molecule has 10 heteroatoms. The van der Waals surface area contributed by atoms with Crippen molar-refractivity contribution in [1.82, 2.24) is 4.31 Å². The number of nitrogens with zero attached hydrogens (tertiary/aromatic N) is 1. The predicted octanol–water partition coefficient (Wildman–Crippen LogP) is 2.95. The Kier molecular flexibility index (Phi) is 8.58. The molecular formula is C20H23NO7S2. The first-order valence-corrected chi connectivity index (χ1v) is 11.2. The summed E-state index contributed by atoms with van der Waals surface area (Å²) in [7, 11) is 0.653. The molecule has 0 aliphatic carbocycles. The highest BCUT2D eigenvalue weighted by Crippen LogP contribution is 2.29. The fourth-order valence-corrected chi connectivity index (χ4v) is 4.82. The molecule has 0 aliphatic rings. The molecule has 0 amide bonds. The SMILES string of the molecule is COC(=O)/C=C/c1ccc(OC(=O)CCCN(C)S(=O)(=O)c2cccs2)c(OC)c1. The van der Waals surface area contributed by atoms with Gasteiger partial charge in [-0.25, -0.2) is 17.5 Å². The van der Waals surface area contributed by atoms with Crippen LogP contribution in [-0.4, -0.2) is 52.5 Å². The zero-order valence-electron chi connectivity index (χ0n) is 16.9. The van der Waals surface area contributed by atoms with Gasteiger partial charge in [-0.05, 0) is 41.6 Å². The standard InChI is InChI=1S/C20H23NO7S2/c1-21(30(24,25)20-7-5-13-29-20)12-4-6-19(23)28-16-10-8-15(14-17(16)26-2)9-11-18(22)27-3/h5,7-11,13-14H,4,6,12H2,1-3H3/b11-9+. The van der Waals surface area contributed by atoms with Crippen LogP contribution in [0.25, 0.3) is 6.08 Å². The Balaban J connectivity index is 1.91. The van der Waals surface area contributed by atoms with Crippen molar-refractivity contribution < 1.29 is 32.2 Å². The Bertz CT molecular complexity index is 998. The van der Waals surface area contributed by atoms with Crippen LogP contribution in [0.3, 0.4) is 0 Å². The van der Waals surface area contributed by atoms with E-state index in [1.165, 1.54) is 31.6 Å². The number of hydrogen-bond donors (Lipinski definition) is 0. The molecule has 1 aromatic carbocycles. The van der Waals surface area contributed by atoms with Crippen molar-refractivity contribution >= 4 is 39.4 Å². The molecule has 0 aliphatic heterocycles.